The number of aromatic nitrogens is 1. The van der Waals surface area contributed by atoms with Crippen LogP contribution in [0.5, 0.6) is 0 Å². The van der Waals surface area contributed by atoms with Crippen LogP contribution in [0.1, 0.15) is 30.0 Å². The predicted molar refractivity (Wildman–Crippen MR) is 76.2 cm³/mol. The number of hydrogen-bond donors (Lipinski definition) is 2. The molecule has 3 unspecified atom stereocenters. The Kier molecular flexibility index (Phi) is 3.84. The number of nitrogens with one attached hydrogen (secondary N) is 2. The van der Waals surface area contributed by atoms with Crippen molar-refractivity contribution in [3.63, 3.8) is 0 Å². The van der Waals surface area contributed by atoms with Crippen LogP contribution in [-0.4, -0.2) is 30.0 Å². The van der Waals surface area contributed by atoms with E-state index in [2.05, 4.69) is 21.0 Å². The number of carbonyl (C=O) groups excluding carboxylic acids is 1. The van der Waals surface area contributed by atoms with Crippen LogP contribution in [0.3, 0.4) is 0 Å². The normalized spacial score (nSPS) is 29.4. The topological polar surface area (TPSA) is 54.0 Å². The zero-order valence-electron chi connectivity index (χ0n) is 11.3. The molecule has 104 valence electrons. The lowest BCUT2D eigenvalue weighted by molar-refractivity contribution is -0.123. The van der Waals surface area contributed by atoms with Gasteiger partial charge in [-0.3, -0.25) is 4.79 Å². The highest BCUT2D eigenvalue weighted by molar-refractivity contribution is 7.09. The van der Waals surface area contributed by atoms with Crippen LogP contribution in [0.2, 0.25) is 0 Å². The maximum Gasteiger partial charge on any atom is 0.237 e. The molecule has 1 amide bonds. The van der Waals surface area contributed by atoms with Crippen LogP contribution in [0.15, 0.2) is 5.38 Å². The van der Waals surface area contributed by atoms with E-state index in [1.54, 1.807) is 11.3 Å². The molecule has 5 heteroatoms. The summed E-state index contributed by atoms with van der Waals surface area (Å²) in [4.78, 5) is 16.6. The molecule has 3 atom stereocenters. The van der Waals surface area contributed by atoms with Crippen LogP contribution in [0.4, 0.5) is 0 Å². The van der Waals surface area contributed by atoms with Gasteiger partial charge in [0.05, 0.1) is 11.0 Å². The first-order valence-electron chi connectivity index (χ1n) is 7.16. The van der Waals surface area contributed by atoms with Gasteiger partial charge in [0.1, 0.15) is 0 Å². The SMILES string of the molecule is Cc1csc(CCNC(=O)C2NCC3CCCC32)n1. The molecular weight excluding hydrogens is 258 g/mol. The second-order valence-corrected chi connectivity index (χ2v) is 6.61. The second kappa shape index (κ2) is 5.59. The molecule has 2 aliphatic rings. The summed E-state index contributed by atoms with van der Waals surface area (Å²) in [5.41, 5.74) is 1.07. The Labute approximate surface area is 118 Å². The van der Waals surface area contributed by atoms with Crippen LogP contribution in [0.25, 0.3) is 0 Å². The minimum absolute atomic E-state index is 0.0468. The molecular formula is C14H21N3OS. The van der Waals surface area contributed by atoms with E-state index in [0.717, 1.165) is 29.6 Å². The Morgan fingerprint density at radius 2 is 2.47 bits per heavy atom. The first-order chi connectivity index (χ1) is 9.24. The third-order valence-corrected chi connectivity index (χ3v) is 5.36. The van der Waals surface area contributed by atoms with Crippen molar-refractivity contribution in [2.45, 2.75) is 38.6 Å². The number of amides is 1. The third kappa shape index (κ3) is 2.82. The highest BCUT2D eigenvalue weighted by Crippen LogP contribution is 2.37. The monoisotopic (exact) mass is 279 g/mol. The standard InChI is InChI=1S/C14H21N3OS/c1-9-8-19-12(17-9)5-6-15-14(18)13-11-4-2-3-10(11)7-16-13/h8,10-11,13,16H,2-7H2,1H3,(H,15,18). The van der Waals surface area contributed by atoms with Crippen molar-refractivity contribution in [3.05, 3.63) is 16.1 Å². The molecule has 19 heavy (non-hydrogen) atoms. The summed E-state index contributed by atoms with van der Waals surface area (Å²) in [6.07, 6.45) is 4.63. The van der Waals surface area contributed by atoms with Gasteiger partial charge in [0.15, 0.2) is 0 Å². The number of aryl methyl sites for hydroxylation is 1. The maximum absolute atomic E-state index is 12.2. The van der Waals surface area contributed by atoms with E-state index in [4.69, 9.17) is 0 Å². The average molecular weight is 279 g/mol. The summed E-state index contributed by atoms with van der Waals surface area (Å²) in [5, 5.41) is 9.61. The van der Waals surface area contributed by atoms with Crippen LogP contribution >= 0.6 is 11.3 Å². The zero-order chi connectivity index (χ0) is 13.2. The Morgan fingerprint density at radius 1 is 1.58 bits per heavy atom. The Hall–Kier alpha value is -0.940. The molecule has 2 fully saturated rings. The lowest BCUT2D eigenvalue weighted by atomic mass is 9.93. The van der Waals surface area contributed by atoms with E-state index in [1.165, 1.54) is 19.3 Å². The van der Waals surface area contributed by atoms with Crippen LogP contribution in [0, 0.1) is 18.8 Å². The van der Waals surface area contributed by atoms with Gasteiger partial charge in [-0.05, 0) is 38.1 Å². The molecule has 1 saturated heterocycles. The average Bonchev–Trinajstić information content (AvgIpc) is 3.04. The lowest BCUT2D eigenvalue weighted by Crippen LogP contribution is -2.44. The molecule has 0 aromatic carbocycles. The summed E-state index contributed by atoms with van der Waals surface area (Å²) in [5.74, 6) is 1.49. The van der Waals surface area contributed by atoms with Crippen molar-refractivity contribution in [2.75, 3.05) is 13.1 Å². The summed E-state index contributed by atoms with van der Waals surface area (Å²) in [7, 11) is 0. The molecule has 2 N–H and O–H groups in total. The van der Waals surface area contributed by atoms with Crippen molar-refractivity contribution in [2.24, 2.45) is 11.8 Å². The van der Waals surface area contributed by atoms with E-state index >= 15 is 0 Å². The van der Waals surface area contributed by atoms with Gasteiger partial charge in [-0.25, -0.2) is 4.98 Å². The van der Waals surface area contributed by atoms with Gasteiger partial charge >= 0.3 is 0 Å². The minimum atomic E-state index is 0.0468. The van der Waals surface area contributed by atoms with Crippen molar-refractivity contribution < 1.29 is 4.79 Å². The fourth-order valence-electron chi connectivity index (χ4n) is 3.39. The number of carbonyl (C=O) groups is 1. The van der Waals surface area contributed by atoms with Gasteiger partial charge in [-0.2, -0.15) is 0 Å². The highest BCUT2D eigenvalue weighted by atomic mass is 32.1. The van der Waals surface area contributed by atoms with E-state index in [0.29, 0.717) is 12.5 Å². The summed E-state index contributed by atoms with van der Waals surface area (Å²) in [6.45, 7) is 3.72. The van der Waals surface area contributed by atoms with Gasteiger partial charge in [-0.1, -0.05) is 6.42 Å². The Bertz CT molecular complexity index is 459. The van der Waals surface area contributed by atoms with Crippen LogP contribution < -0.4 is 10.6 Å². The summed E-state index contributed by atoms with van der Waals surface area (Å²) >= 11 is 1.67. The molecule has 1 aliphatic heterocycles. The molecule has 0 radical (unpaired) electrons. The van der Waals surface area contributed by atoms with Crippen molar-refractivity contribution in [1.29, 1.82) is 0 Å². The highest BCUT2D eigenvalue weighted by Gasteiger charge is 2.42. The zero-order valence-corrected chi connectivity index (χ0v) is 12.1. The minimum Gasteiger partial charge on any atom is -0.354 e. The predicted octanol–water partition coefficient (Wildman–Crippen LogP) is 1.50. The molecule has 0 bridgehead atoms. The van der Waals surface area contributed by atoms with Gasteiger partial charge in [0, 0.05) is 24.0 Å². The fraction of sp³-hybridized carbons (Fsp3) is 0.714. The number of fused-ring (bicyclic) bond motifs is 1. The van der Waals surface area contributed by atoms with Crippen molar-refractivity contribution >= 4 is 17.2 Å². The lowest BCUT2D eigenvalue weighted by Gasteiger charge is -2.17. The number of rotatable bonds is 4. The van der Waals surface area contributed by atoms with Gasteiger partial charge in [-0.15, -0.1) is 11.3 Å². The van der Waals surface area contributed by atoms with E-state index in [-0.39, 0.29) is 11.9 Å². The number of hydrogen-bond acceptors (Lipinski definition) is 4. The van der Waals surface area contributed by atoms with Crippen molar-refractivity contribution in [3.8, 4) is 0 Å². The second-order valence-electron chi connectivity index (χ2n) is 5.66. The number of nitrogens with zero attached hydrogens (tertiary/aromatic N) is 1. The molecule has 1 aromatic rings. The first kappa shape index (κ1) is 13.1. The van der Waals surface area contributed by atoms with E-state index in [1.807, 2.05) is 6.92 Å². The van der Waals surface area contributed by atoms with Gasteiger partial charge in [0.2, 0.25) is 5.91 Å². The summed E-state index contributed by atoms with van der Waals surface area (Å²) < 4.78 is 0. The smallest absolute Gasteiger partial charge is 0.237 e. The molecule has 1 aliphatic carbocycles. The maximum atomic E-state index is 12.2. The molecule has 1 saturated carbocycles. The quantitative estimate of drug-likeness (QED) is 0.878. The molecule has 3 rings (SSSR count). The van der Waals surface area contributed by atoms with Crippen LogP contribution in [-0.2, 0) is 11.2 Å². The third-order valence-electron chi connectivity index (χ3n) is 4.33. The largest absolute Gasteiger partial charge is 0.354 e. The molecule has 0 spiro atoms. The molecule has 2 heterocycles. The summed E-state index contributed by atoms with van der Waals surface area (Å²) in [6, 6.07) is 0.0468. The molecule has 1 aromatic heterocycles. The van der Waals surface area contributed by atoms with E-state index < -0.39 is 0 Å². The number of thiazole rings is 1. The van der Waals surface area contributed by atoms with E-state index in [9.17, 15) is 4.79 Å². The first-order valence-corrected chi connectivity index (χ1v) is 8.04. The van der Waals surface area contributed by atoms with Gasteiger partial charge in [0.25, 0.3) is 0 Å². The molecule has 4 nitrogen and oxygen atoms in total. The Morgan fingerprint density at radius 3 is 3.26 bits per heavy atom. The van der Waals surface area contributed by atoms with Crippen molar-refractivity contribution in [1.82, 2.24) is 15.6 Å². The van der Waals surface area contributed by atoms with Gasteiger partial charge < -0.3 is 10.6 Å². The Balaban J connectivity index is 1.46. The fourth-order valence-corrected chi connectivity index (χ4v) is 4.17.